The summed E-state index contributed by atoms with van der Waals surface area (Å²) in [6.45, 7) is 4.37. The highest BCUT2D eigenvalue weighted by atomic mass is 32.2. The zero-order chi connectivity index (χ0) is 12.8. The lowest BCUT2D eigenvalue weighted by molar-refractivity contribution is 0.0696. The molecule has 5 heteroatoms. The van der Waals surface area contributed by atoms with E-state index in [0.29, 0.717) is 11.4 Å². The minimum Gasteiger partial charge on any atom is -0.478 e. The number of rotatable bonds is 6. The van der Waals surface area contributed by atoms with E-state index in [4.69, 9.17) is 5.11 Å². The fourth-order valence-corrected chi connectivity index (χ4v) is 2.11. The van der Waals surface area contributed by atoms with Crippen LogP contribution in [0.15, 0.2) is 6.07 Å². The number of nitrogens with one attached hydrogen (secondary N) is 1. The van der Waals surface area contributed by atoms with Gasteiger partial charge in [0.15, 0.2) is 0 Å². The minimum atomic E-state index is -0.928. The molecule has 0 aliphatic carbocycles. The Morgan fingerprint density at radius 2 is 2.24 bits per heavy atom. The molecule has 0 atom stereocenters. The number of aromatic carboxylic acids is 1. The Labute approximate surface area is 106 Å². The minimum absolute atomic E-state index is 0.278. The monoisotopic (exact) mass is 254 g/mol. The van der Waals surface area contributed by atoms with Gasteiger partial charge in [0, 0.05) is 12.2 Å². The third kappa shape index (κ3) is 3.93. The van der Waals surface area contributed by atoms with Crippen LogP contribution < -0.4 is 5.32 Å². The van der Waals surface area contributed by atoms with Gasteiger partial charge >= 0.3 is 5.97 Å². The van der Waals surface area contributed by atoms with Crippen molar-refractivity contribution in [3.05, 3.63) is 23.0 Å². The fraction of sp³-hybridized carbons (Fsp3) is 0.500. The second-order valence-corrected chi connectivity index (χ2v) is 4.84. The Hall–Kier alpha value is -1.23. The molecule has 0 bridgehead atoms. The first-order valence-corrected chi connectivity index (χ1v) is 6.90. The largest absolute Gasteiger partial charge is 0.478 e. The maximum absolute atomic E-state index is 11.2. The van der Waals surface area contributed by atoms with Crippen molar-refractivity contribution >= 4 is 23.4 Å². The van der Waals surface area contributed by atoms with Gasteiger partial charge in [-0.1, -0.05) is 0 Å². The highest BCUT2D eigenvalue weighted by molar-refractivity contribution is 7.98. The summed E-state index contributed by atoms with van der Waals surface area (Å²) in [7, 11) is 0. The molecular formula is C12H18N2O2S. The molecule has 0 aliphatic heterocycles. The van der Waals surface area contributed by atoms with E-state index in [1.807, 2.05) is 6.92 Å². The van der Waals surface area contributed by atoms with Gasteiger partial charge in [0.05, 0.1) is 11.4 Å². The molecule has 0 radical (unpaired) electrons. The van der Waals surface area contributed by atoms with E-state index in [0.717, 1.165) is 24.4 Å². The van der Waals surface area contributed by atoms with Gasteiger partial charge in [0.2, 0.25) is 0 Å². The first-order valence-electron chi connectivity index (χ1n) is 5.50. The van der Waals surface area contributed by atoms with Crippen LogP contribution in [0.3, 0.4) is 0 Å². The third-order valence-corrected chi connectivity index (χ3v) is 3.08. The summed E-state index contributed by atoms with van der Waals surface area (Å²) in [5, 5.41) is 12.3. The van der Waals surface area contributed by atoms with Crippen LogP contribution >= 0.6 is 11.8 Å². The molecular weight excluding hydrogens is 236 g/mol. The second kappa shape index (κ2) is 6.49. The molecule has 1 aromatic heterocycles. The number of nitrogens with zero attached hydrogens (tertiary/aromatic N) is 1. The van der Waals surface area contributed by atoms with Gasteiger partial charge in [-0.25, -0.2) is 4.79 Å². The highest BCUT2D eigenvalue weighted by Gasteiger charge is 2.14. The molecule has 0 fully saturated rings. The topological polar surface area (TPSA) is 62.2 Å². The van der Waals surface area contributed by atoms with Crippen molar-refractivity contribution in [2.24, 2.45) is 0 Å². The lowest BCUT2D eigenvalue weighted by atomic mass is 10.1. The number of carboxylic acid groups (broad SMARTS) is 1. The number of hydrogen-bond donors (Lipinski definition) is 2. The van der Waals surface area contributed by atoms with Crippen molar-refractivity contribution in [3.63, 3.8) is 0 Å². The molecule has 0 saturated carbocycles. The third-order valence-electron chi connectivity index (χ3n) is 2.38. The maximum atomic E-state index is 11.2. The Morgan fingerprint density at radius 1 is 1.53 bits per heavy atom. The van der Waals surface area contributed by atoms with Crippen molar-refractivity contribution in [3.8, 4) is 0 Å². The summed E-state index contributed by atoms with van der Waals surface area (Å²) in [6.07, 6.45) is 3.07. The summed E-state index contributed by atoms with van der Waals surface area (Å²) in [5.74, 6) is 0.140. The van der Waals surface area contributed by atoms with Gasteiger partial charge in [-0.2, -0.15) is 11.8 Å². The molecule has 1 aromatic rings. The van der Waals surface area contributed by atoms with E-state index in [9.17, 15) is 4.79 Å². The van der Waals surface area contributed by atoms with Gasteiger partial charge in [-0.05, 0) is 38.3 Å². The molecule has 0 amide bonds. The molecule has 1 heterocycles. The van der Waals surface area contributed by atoms with Crippen molar-refractivity contribution in [1.82, 2.24) is 4.98 Å². The number of aryl methyl sites for hydroxylation is 2. The number of thioether (sulfide) groups is 1. The number of carbonyl (C=O) groups is 1. The fourth-order valence-electron chi connectivity index (χ4n) is 1.68. The molecule has 94 valence electrons. The maximum Gasteiger partial charge on any atom is 0.339 e. The van der Waals surface area contributed by atoms with Crippen molar-refractivity contribution in [2.45, 2.75) is 20.3 Å². The summed E-state index contributed by atoms with van der Waals surface area (Å²) < 4.78 is 0. The SMILES string of the molecule is CSCCCNc1cc(C)nc(C)c1C(=O)O. The Morgan fingerprint density at radius 3 is 2.82 bits per heavy atom. The van der Waals surface area contributed by atoms with E-state index in [2.05, 4.69) is 16.6 Å². The predicted molar refractivity (Wildman–Crippen MR) is 72.2 cm³/mol. The first kappa shape index (κ1) is 13.8. The number of anilines is 1. The van der Waals surface area contributed by atoms with Crippen LogP contribution in [0.25, 0.3) is 0 Å². The summed E-state index contributed by atoms with van der Waals surface area (Å²) in [6, 6.07) is 1.79. The Bertz CT molecular complexity index is 408. The van der Waals surface area contributed by atoms with Crippen LogP contribution in [0.5, 0.6) is 0 Å². The first-order chi connectivity index (χ1) is 8.06. The van der Waals surface area contributed by atoms with Crippen LogP contribution in [-0.4, -0.2) is 34.6 Å². The molecule has 0 saturated heterocycles. The van der Waals surface area contributed by atoms with Crippen molar-refractivity contribution < 1.29 is 9.90 Å². The molecule has 0 unspecified atom stereocenters. The van der Waals surface area contributed by atoms with Crippen LogP contribution in [0, 0.1) is 13.8 Å². The standard InChI is InChI=1S/C12H18N2O2S/c1-8-7-10(13-5-4-6-17-3)11(12(15)16)9(2)14-8/h7H,4-6H2,1-3H3,(H,13,14)(H,15,16). The van der Waals surface area contributed by atoms with E-state index < -0.39 is 5.97 Å². The summed E-state index contributed by atoms with van der Waals surface area (Å²) in [5.41, 5.74) is 2.34. The van der Waals surface area contributed by atoms with Crippen LogP contribution in [0.2, 0.25) is 0 Å². The quantitative estimate of drug-likeness (QED) is 0.764. The molecule has 4 nitrogen and oxygen atoms in total. The van der Waals surface area contributed by atoms with E-state index in [1.54, 1.807) is 24.8 Å². The lowest BCUT2D eigenvalue weighted by Gasteiger charge is -2.12. The van der Waals surface area contributed by atoms with E-state index in [1.165, 1.54) is 0 Å². The molecule has 2 N–H and O–H groups in total. The zero-order valence-corrected chi connectivity index (χ0v) is 11.2. The van der Waals surface area contributed by atoms with Gasteiger partial charge in [-0.3, -0.25) is 4.98 Å². The van der Waals surface area contributed by atoms with Gasteiger partial charge in [0.25, 0.3) is 0 Å². The average molecular weight is 254 g/mol. The number of aromatic nitrogens is 1. The molecule has 0 aromatic carbocycles. The molecule has 0 spiro atoms. The zero-order valence-electron chi connectivity index (χ0n) is 10.4. The summed E-state index contributed by atoms with van der Waals surface area (Å²) in [4.78, 5) is 15.3. The highest BCUT2D eigenvalue weighted by Crippen LogP contribution is 2.19. The number of hydrogen-bond acceptors (Lipinski definition) is 4. The van der Waals surface area contributed by atoms with E-state index in [-0.39, 0.29) is 5.56 Å². The molecule has 0 aliphatic rings. The van der Waals surface area contributed by atoms with Gasteiger partial charge in [-0.15, -0.1) is 0 Å². The smallest absolute Gasteiger partial charge is 0.339 e. The van der Waals surface area contributed by atoms with Crippen LogP contribution in [-0.2, 0) is 0 Å². The average Bonchev–Trinajstić information content (AvgIpc) is 2.22. The lowest BCUT2D eigenvalue weighted by Crippen LogP contribution is -2.11. The van der Waals surface area contributed by atoms with Gasteiger partial charge < -0.3 is 10.4 Å². The van der Waals surface area contributed by atoms with Crippen molar-refractivity contribution in [2.75, 3.05) is 23.9 Å². The van der Waals surface area contributed by atoms with E-state index >= 15 is 0 Å². The van der Waals surface area contributed by atoms with Crippen LogP contribution in [0.4, 0.5) is 5.69 Å². The summed E-state index contributed by atoms with van der Waals surface area (Å²) >= 11 is 1.78. The number of pyridine rings is 1. The normalized spacial score (nSPS) is 10.3. The predicted octanol–water partition coefficient (Wildman–Crippen LogP) is 2.56. The van der Waals surface area contributed by atoms with Crippen molar-refractivity contribution in [1.29, 1.82) is 0 Å². The molecule has 1 rings (SSSR count). The number of carboxylic acids is 1. The Balaban J connectivity index is 2.85. The Kier molecular flexibility index (Phi) is 5.28. The van der Waals surface area contributed by atoms with Gasteiger partial charge in [0.1, 0.15) is 5.56 Å². The van der Waals surface area contributed by atoms with Crippen LogP contribution in [0.1, 0.15) is 28.2 Å². The second-order valence-electron chi connectivity index (χ2n) is 3.85. The molecule has 17 heavy (non-hydrogen) atoms.